The lowest BCUT2D eigenvalue weighted by atomic mass is 10.1. The van der Waals surface area contributed by atoms with E-state index < -0.39 is 0 Å². The lowest BCUT2D eigenvalue weighted by Crippen LogP contribution is -2.13. The van der Waals surface area contributed by atoms with Crippen LogP contribution in [0.5, 0.6) is 5.75 Å². The van der Waals surface area contributed by atoms with E-state index in [0.717, 1.165) is 15.6 Å². The molecule has 0 fully saturated rings. The Bertz CT molecular complexity index is 1340. The smallest absolute Gasteiger partial charge is 0.256 e. The maximum Gasteiger partial charge on any atom is 0.256 e. The Morgan fingerprint density at radius 2 is 1.74 bits per heavy atom. The lowest BCUT2D eigenvalue weighted by Gasteiger charge is -2.09. The molecule has 0 saturated heterocycles. The van der Waals surface area contributed by atoms with E-state index in [0.29, 0.717) is 49.8 Å². The van der Waals surface area contributed by atoms with Crippen molar-refractivity contribution in [3.63, 3.8) is 0 Å². The molecule has 3 aromatic carbocycles. The first kappa shape index (κ1) is 25.1. The SMILES string of the molecule is O=C(Nc1nn(Cc2ccc(Cl)cc2Cl)cc1Br)c1ccc(COc2ccc(Br)cc2Cl)cc1. The molecule has 0 aliphatic carbocycles. The number of halogens is 5. The summed E-state index contributed by atoms with van der Waals surface area (Å²) in [5.74, 6) is 0.721. The van der Waals surface area contributed by atoms with Gasteiger partial charge in [-0.25, -0.2) is 0 Å². The van der Waals surface area contributed by atoms with Crippen molar-refractivity contribution >= 4 is 78.4 Å². The summed E-state index contributed by atoms with van der Waals surface area (Å²) in [6, 6.07) is 17.8. The van der Waals surface area contributed by atoms with Gasteiger partial charge in [-0.3, -0.25) is 9.48 Å². The number of aromatic nitrogens is 2. The molecule has 0 aliphatic rings. The second kappa shape index (κ2) is 11.1. The maximum absolute atomic E-state index is 12.7. The maximum atomic E-state index is 12.7. The number of amides is 1. The number of benzene rings is 3. The minimum Gasteiger partial charge on any atom is -0.487 e. The number of carbonyl (C=O) groups excluding carboxylic acids is 1. The molecule has 174 valence electrons. The van der Waals surface area contributed by atoms with Crippen LogP contribution in [0, 0.1) is 0 Å². The molecule has 0 unspecified atom stereocenters. The summed E-state index contributed by atoms with van der Waals surface area (Å²) < 4.78 is 8.99. The highest BCUT2D eigenvalue weighted by Gasteiger charge is 2.13. The number of ether oxygens (including phenoxy) is 1. The van der Waals surface area contributed by atoms with Gasteiger partial charge in [0.25, 0.3) is 5.91 Å². The van der Waals surface area contributed by atoms with E-state index in [2.05, 4.69) is 42.3 Å². The Balaban J connectivity index is 1.38. The van der Waals surface area contributed by atoms with E-state index in [-0.39, 0.29) is 5.91 Å². The fourth-order valence-corrected chi connectivity index (χ4v) is 4.68. The first-order valence-corrected chi connectivity index (χ1v) is 12.7. The highest BCUT2D eigenvalue weighted by Crippen LogP contribution is 2.29. The molecular weight excluding hydrogens is 628 g/mol. The number of rotatable bonds is 7. The van der Waals surface area contributed by atoms with E-state index in [1.807, 2.05) is 24.3 Å². The fraction of sp³-hybridized carbons (Fsp3) is 0.0833. The molecule has 0 saturated carbocycles. The van der Waals surface area contributed by atoms with Crippen LogP contribution in [0.2, 0.25) is 15.1 Å². The van der Waals surface area contributed by atoms with E-state index >= 15 is 0 Å². The van der Waals surface area contributed by atoms with Crippen LogP contribution in [-0.4, -0.2) is 15.7 Å². The number of nitrogens with one attached hydrogen (secondary N) is 1. The topological polar surface area (TPSA) is 56.2 Å². The molecule has 34 heavy (non-hydrogen) atoms. The normalized spacial score (nSPS) is 10.9. The molecule has 1 aromatic heterocycles. The second-order valence-corrected chi connectivity index (χ2v) is 10.3. The molecule has 0 radical (unpaired) electrons. The molecular formula is C24H16Br2Cl3N3O2. The molecule has 1 N–H and O–H groups in total. The zero-order chi connectivity index (χ0) is 24.2. The number of nitrogens with zero attached hydrogens (tertiary/aromatic N) is 2. The van der Waals surface area contributed by atoms with E-state index in [9.17, 15) is 4.79 Å². The summed E-state index contributed by atoms with van der Waals surface area (Å²) in [5.41, 5.74) is 2.26. The van der Waals surface area contributed by atoms with Gasteiger partial charge >= 0.3 is 0 Å². The summed E-state index contributed by atoms with van der Waals surface area (Å²) in [7, 11) is 0. The van der Waals surface area contributed by atoms with E-state index in [1.54, 1.807) is 47.3 Å². The first-order chi connectivity index (χ1) is 16.3. The van der Waals surface area contributed by atoms with Crippen molar-refractivity contribution in [3.8, 4) is 5.75 Å². The van der Waals surface area contributed by atoms with Crippen molar-refractivity contribution in [2.45, 2.75) is 13.2 Å². The molecule has 1 amide bonds. The van der Waals surface area contributed by atoms with Crippen molar-refractivity contribution in [2.24, 2.45) is 0 Å². The summed E-state index contributed by atoms with van der Waals surface area (Å²) in [5, 5.41) is 8.90. The monoisotopic (exact) mass is 641 g/mol. The zero-order valence-electron chi connectivity index (χ0n) is 17.4. The third-order valence-electron chi connectivity index (χ3n) is 4.80. The molecule has 0 aliphatic heterocycles. The van der Waals surface area contributed by atoms with Gasteiger partial charge in [0.1, 0.15) is 12.4 Å². The number of hydrogen-bond acceptors (Lipinski definition) is 3. The minimum absolute atomic E-state index is 0.279. The Kier molecular flexibility index (Phi) is 8.22. The van der Waals surface area contributed by atoms with Gasteiger partial charge in [0, 0.05) is 26.3 Å². The van der Waals surface area contributed by atoms with Crippen LogP contribution in [0.15, 0.2) is 75.8 Å². The Hall–Kier alpha value is -2.03. The van der Waals surface area contributed by atoms with E-state index in [1.165, 1.54) is 0 Å². The zero-order valence-corrected chi connectivity index (χ0v) is 22.8. The average molecular weight is 645 g/mol. The van der Waals surface area contributed by atoms with Crippen LogP contribution < -0.4 is 10.1 Å². The summed E-state index contributed by atoms with van der Waals surface area (Å²) in [4.78, 5) is 12.7. The van der Waals surface area contributed by atoms with Crippen molar-refractivity contribution in [3.05, 3.63) is 108 Å². The minimum atomic E-state index is -0.279. The molecule has 5 nitrogen and oxygen atoms in total. The number of anilines is 1. The molecule has 4 aromatic rings. The Labute approximate surface area is 228 Å². The van der Waals surface area contributed by atoms with Crippen LogP contribution in [0.4, 0.5) is 5.82 Å². The van der Waals surface area contributed by atoms with Gasteiger partial charge in [-0.2, -0.15) is 5.10 Å². The second-order valence-electron chi connectivity index (χ2n) is 7.27. The number of carbonyl (C=O) groups is 1. The average Bonchev–Trinajstić information content (AvgIpc) is 3.14. The fourth-order valence-electron chi connectivity index (χ4n) is 3.07. The van der Waals surface area contributed by atoms with Crippen LogP contribution in [0.25, 0.3) is 0 Å². The molecule has 0 atom stereocenters. The van der Waals surface area contributed by atoms with Gasteiger partial charge in [0.05, 0.1) is 16.0 Å². The van der Waals surface area contributed by atoms with Crippen LogP contribution >= 0.6 is 66.7 Å². The standard InChI is InChI=1S/C24H16Br2Cl3N3O2/c25-17-6-8-22(21(29)9-17)34-13-14-1-3-15(4-2-14)24(33)30-23-19(26)12-32(31-23)11-16-5-7-18(27)10-20(16)28/h1-10,12H,11,13H2,(H,30,31,33). The first-order valence-electron chi connectivity index (χ1n) is 9.93. The van der Waals surface area contributed by atoms with Crippen LogP contribution in [0.1, 0.15) is 21.5 Å². The number of hydrogen-bond donors (Lipinski definition) is 1. The van der Waals surface area contributed by atoms with Gasteiger partial charge < -0.3 is 10.1 Å². The van der Waals surface area contributed by atoms with Gasteiger partial charge in [-0.05, 0) is 69.5 Å². The molecule has 1 heterocycles. The summed E-state index contributed by atoms with van der Waals surface area (Å²) >= 11 is 25.2. The Morgan fingerprint density at radius 3 is 2.44 bits per heavy atom. The molecule has 0 bridgehead atoms. The quantitative estimate of drug-likeness (QED) is 0.221. The van der Waals surface area contributed by atoms with Gasteiger partial charge in [-0.15, -0.1) is 0 Å². The van der Waals surface area contributed by atoms with Crippen molar-refractivity contribution in [1.29, 1.82) is 0 Å². The predicted molar refractivity (Wildman–Crippen MR) is 143 cm³/mol. The van der Waals surface area contributed by atoms with Crippen LogP contribution in [-0.2, 0) is 13.2 Å². The molecule has 10 heteroatoms. The third kappa shape index (κ3) is 6.34. The third-order valence-corrected chi connectivity index (χ3v) is 6.76. The highest BCUT2D eigenvalue weighted by atomic mass is 79.9. The highest BCUT2D eigenvalue weighted by molar-refractivity contribution is 9.10. The largest absolute Gasteiger partial charge is 0.487 e. The van der Waals surface area contributed by atoms with Crippen LogP contribution in [0.3, 0.4) is 0 Å². The summed E-state index contributed by atoms with van der Waals surface area (Å²) in [6.07, 6.45) is 1.77. The molecule has 0 spiro atoms. The lowest BCUT2D eigenvalue weighted by molar-refractivity contribution is 0.102. The van der Waals surface area contributed by atoms with Crippen molar-refractivity contribution in [1.82, 2.24) is 9.78 Å². The van der Waals surface area contributed by atoms with Crippen molar-refractivity contribution < 1.29 is 9.53 Å². The summed E-state index contributed by atoms with van der Waals surface area (Å²) in [6.45, 7) is 0.758. The van der Waals surface area contributed by atoms with Gasteiger partial charge in [0.15, 0.2) is 5.82 Å². The van der Waals surface area contributed by atoms with Gasteiger partial charge in [-0.1, -0.05) is 68.9 Å². The van der Waals surface area contributed by atoms with Gasteiger partial charge in [0.2, 0.25) is 0 Å². The van der Waals surface area contributed by atoms with Crippen molar-refractivity contribution in [2.75, 3.05) is 5.32 Å². The van der Waals surface area contributed by atoms with E-state index in [4.69, 9.17) is 39.5 Å². The predicted octanol–water partition coefficient (Wildman–Crippen LogP) is 8.25. The Morgan fingerprint density at radius 1 is 0.971 bits per heavy atom. The molecule has 4 rings (SSSR count).